The molecule has 1 N–H and O–H groups in total. The van der Waals surface area contributed by atoms with E-state index in [1.165, 1.54) is 6.07 Å². The lowest BCUT2D eigenvalue weighted by molar-refractivity contribution is 1.28. The number of benzene rings is 1. The normalized spacial score (nSPS) is 9.71. The zero-order valence-electron chi connectivity index (χ0n) is 9.24. The van der Waals surface area contributed by atoms with Crippen LogP contribution in [0.2, 0.25) is 5.15 Å². The largest absolute Gasteiger partial charge is 0.340 e. The van der Waals surface area contributed by atoms with E-state index in [9.17, 15) is 0 Å². The molecule has 0 saturated heterocycles. The molecule has 1 aromatic heterocycles. The minimum absolute atomic E-state index is 0.306. The van der Waals surface area contributed by atoms with E-state index in [4.69, 9.17) is 16.9 Å². The first-order valence-electron chi connectivity index (χ1n) is 5.09. The van der Waals surface area contributed by atoms with Crippen molar-refractivity contribution >= 4 is 23.1 Å². The second kappa shape index (κ2) is 4.86. The first-order valence-corrected chi connectivity index (χ1v) is 5.47. The van der Waals surface area contributed by atoms with E-state index in [-0.39, 0.29) is 0 Å². The van der Waals surface area contributed by atoms with Crippen molar-refractivity contribution in [2.75, 3.05) is 5.32 Å². The molecule has 0 amide bonds. The van der Waals surface area contributed by atoms with Gasteiger partial charge in [0.25, 0.3) is 0 Å². The molecule has 0 atom stereocenters. The number of nitrogens with zero attached hydrogens (tertiary/aromatic N) is 2. The van der Waals surface area contributed by atoms with E-state index < -0.39 is 0 Å². The van der Waals surface area contributed by atoms with E-state index in [1.54, 1.807) is 6.07 Å². The van der Waals surface area contributed by atoms with Crippen molar-refractivity contribution in [3.63, 3.8) is 0 Å². The molecule has 84 valence electrons. The molecule has 0 radical (unpaired) electrons. The van der Waals surface area contributed by atoms with E-state index in [0.29, 0.717) is 16.5 Å². The van der Waals surface area contributed by atoms with Crippen LogP contribution in [0.3, 0.4) is 0 Å². The third-order valence-electron chi connectivity index (χ3n) is 2.33. The average Bonchev–Trinajstić information content (AvgIpc) is 2.31. The van der Waals surface area contributed by atoms with Crippen LogP contribution in [0.4, 0.5) is 11.5 Å². The molecule has 1 heterocycles. The molecule has 3 nitrogen and oxygen atoms in total. The lowest BCUT2D eigenvalue weighted by atomic mass is 10.2. The Labute approximate surface area is 105 Å². The number of nitriles is 1. The van der Waals surface area contributed by atoms with Gasteiger partial charge in [0.15, 0.2) is 0 Å². The van der Waals surface area contributed by atoms with Crippen LogP contribution in [0.5, 0.6) is 0 Å². The number of aryl methyl sites for hydroxylation is 1. The molecule has 0 aliphatic heterocycles. The first-order chi connectivity index (χ1) is 8.19. The lowest BCUT2D eigenvalue weighted by Crippen LogP contribution is -1.96. The van der Waals surface area contributed by atoms with Gasteiger partial charge in [-0.25, -0.2) is 4.98 Å². The molecule has 0 fully saturated rings. The van der Waals surface area contributed by atoms with Gasteiger partial charge >= 0.3 is 0 Å². The fourth-order valence-electron chi connectivity index (χ4n) is 1.48. The van der Waals surface area contributed by atoms with Crippen LogP contribution < -0.4 is 5.32 Å². The Bertz CT molecular complexity index is 587. The van der Waals surface area contributed by atoms with Crippen molar-refractivity contribution < 1.29 is 0 Å². The summed E-state index contributed by atoms with van der Waals surface area (Å²) in [6, 6.07) is 13.1. The summed E-state index contributed by atoms with van der Waals surface area (Å²) < 4.78 is 0. The Morgan fingerprint density at radius 1 is 1.29 bits per heavy atom. The minimum atomic E-state index is 0.306. The summed E-state index contributed by atoms with van der Waals surface area (Å²) in [6.45, 7) is 2.00. The molecule has 0 bridgehead atoms. The highest BCUT2D eigenvalue weighted by atomic mass is 35.5. The highest BCUT2D eigenvalue weighted by Gasteiger charge is 2.02. The molecule has 0 aliphatic rings. The third-order valence-corrected chi connectivity index (χ3v) is 2.52. The molecule has 2 aromatic rings. The second-order valence-corrected chi connectivity index (χ2v) is 4.00. The highest BCUT2D eigenvalue weighted by molar-refractivity contribution is 6.29. The third kappa shape index (κ3) is 2.74. The molecule has 4 heteroatoms. The van der Waals surface area contributed by atoms with Gasteiger partial charge in [0.2, 0.25) is 0 Å². The van der Waals surface area contributed by atoms with Crippen molar-refractivity contribution in [2.45, 2.75) is 6.92 Å². The number of halogens is 1. The van der Waals surface area contributed by atoms with Gasteiger partial charge in [0.1, 0.15) is 11.0 Å². The Hall–Kier alpha value is -2.05. The summed E-state index contributed by atoms with van der Waals surface area (Å²) in [6.07, 6.45) is 0. The van der Waals surface area contributed by atoms with Crippen molar-refractivity contribution in [2.24, 2.45) is 0 Å². The highest BCUT2D eigenvalue weighted by Crippen LogP contribution is 2.21. The van der Waals surface area contributed by atoms with Gasteiger partial charge in [0, 0.05) is 5.69 Å². The predicted octanol–water partition coefficient (Wildman–Crippen LogP) is 3.66. The average molecular weight is 244 g/mol. The van der Waals surface area contributed by atoms with Crippen LogP contribution in [-0.2, 0) is 0 Å². The van der Waals surface area contributed by atoms with Crippen LogP contribution in [-0.4, -0.2) is 4.98 Å². The van der Waals surface area contributed by atoms with Gasteiger partial charge < -0.3 is 5.32 Å². The molecule has 17 heavy (non-hydrogen) atoms. The molecule has 0 saturated carbocycles. The quantitative estimate of drug-likeness (QED) is 0.819. The number of anilines is 2. The standard InChI is InChI=1S/C13H10ClN3/c1-9-4-2-3-5-11(9)16-13-7-10(8-15)6-12(14)17-13/h2-7H,1H3,(H,16,17). The van der Waals surface area contributed by atoms with Gasteiger partial charge in [-0.1, -0.05) is 29.8 Å². The van der Waals surface area contributed by atoms with Crippen molar-refractivity contribution in [1.29, 1.82) is 5.26 Å². The Morgan fingerprint density at radius 2 is 2.06 bits per heavy atom. The summed E-state index contributed by atoms with van der Waals surface area (Å²) in [5.74, 6) is 0.573. The van der Waals surface area contributed by atoms with Crippen LogP contribution in [0, 0.1) is 18.3 Å². The second-order valence-electron chi connectivity index (χ2n) is 3.62. The number of rotatable bonds is 2. The zero-order valence-corrected chi connectivity index (χ0v) is 9.99. The molecule has 0 unspecified atom stereocenters. The molecule has 1 aromatic carbocycles. The molecular formula is C13H10ClN3. The van der Waals surface area contributed by atoms with E-state index in [1.807, 2.05) is 37.3 Å². The molecular weight excluding hydrogens is 234 g/mol. The van der Waals surface area contributed by atoms with E-state index >= 15 is 0 Å². The maximum absolute atomic E-state index is 8.84. The Kier molecular flexibility index (Phi) is 3.27. The molecule has 2 rings (SSSR count). The van der Waals surface area contributed by atoms with Crippen LogP contribution in [0.15, 0.2) is 36.4 Å². The van der Waals surface area contributed by atoms with Crippen molar-refractivity contribution in [1.82, 2.24) is 4.98 Å². The van der Waals surface area contributed by atoms with Gasteiger partial charge in [-0.05, 0) is 30.7 Å². The zero-order chi connectivity index (χ0) is 12.3. The fraction of sp³-hybridized carbons (Fsp3) is 0.0769. The van der Waals surface area contributed by atoms with Gasteiger partial charge in [-0.2, -0.15) is 5.26 Å². The Morgan fingerprint density at radius 3 is 2.76 bits per heavy atom. The van der Waals surface area contributed by atoms with Gasteiger partial charge in [-0.3, -0.25) is 0 Å². The SMILES string of the molecule is Cc1ccccc1Nc1cc(C#N)cc(Cl)n1. The van der Waals surface area contributed by atoms with Crippen LogP contribution in [0.1, 0.15) is 11.1 Å². The smallest absolute Gasteiger partial charge is 0.133 e. The monoisotopic (exact) mass is 243 g/mol. The number of hydrogen-bond acceptors (Lipinski definition) is 3. The summed E-state index contributed by atoms with van der Waals surface area (Å²) in [4.78, 5) is 4.12. The fourth-order valence-corrected chi connectivity index (χ4v) is 1.69. The van der Waals surface area contributed by atoms with Gasteiger partial charge in [-0.15, -0.1) is 0 Å². The first kappa shape index (κ1) is 11.4. The summed E-state index contributed by atoms with van der Waals surface area (Å²) in [7, 11) is 0. The van der Waals surface area contributed by atoms with Gasteiger partial charge in [0.05, 0.1) is 11.6 Å². The molecule has 0 aliphatic carbocycles. The maximum Gasteiger partial charge on any atom is 0.133 e. The van der Waals surface area contributed by atoms with E-state index in [2.05, 4.69) is 10.3 Å². The number of nitrogens with one attached hydrogen (secondary N) is 1. The van der Waals surface area contributed by atoms with Crippen LogP contribution in [0.25, 0.3) is 0 Å². The Balaban J connectivity index is 2.34. The maximum atomic E-state index is 8.84. The summed E-state index contributed by atoms with van der Waals surface area (Å²) >= 11 is 5.83. The van der Waals surface area contributed by atoms with Crippen molar-refractivity contribution in [3.05, 3.63) is 52.7 Å². The number of aromatic nitrogens is 1. The number of pyridine rings is 1. The molecule has 0 spiro atoms. The van der Waals surface area contributed by atoms with E-state index in [0.717, 1.165) is 11.3 Å². The minimum Gasteiger partial charge on any atom is -0.340 e. The topological polar surface area (TPSA) is 48.7 Å². The summed E-state index contributed by atoms with van der Waals surface area (Å²) in [5.41, 5.74) is 2.54. The number of hydrogen-bond donors (Lipinski definition) is 1. The summed E-state index contributed by atoms with van der Waals surface area (Å²) in [5, 5.41) is 12.3. The predicted molar refractivity (Wildman–Crippen MR) is 68.4 cm³/mol. The number of para-hydroxylation sites is 1. The van der Waals surface area contributed by atoms with Crippen molar-refractivity contribution in [3.8, 4) is 6.07 Å². The van der Waals surface area contributed by atoms with Crippen LogP contribution >= 0.6 is 11.6 Å². The lowest BCUT2D eigenvalue weighted by Gasteiger charge is -2.08.